The molecule has 0 unspecified atom stereocenters. The van der Waals surface area contributed by atoms with Gasteiger partial charge in [0.1, 0.15) is 11.6 Å². The summed E-state index contributed by atoms with van der Waals surface area (Å²) < 4.78 is 7.93. The summed E-state index contributed by atoms with van der Waals surface area (Å²) in [4.78, 5) is 33.7. The molecule has 8 N–H and O–H groups in total. The van der Waals surface area contributed by atoms with Crippen molar-refractivity contribution in [1.29, 1.82) is 0 Å². The molecule has 0 aliphatic rings. The van der Waals surface area contributed by atoms with E-state index in [0.717, 1.165) is 27.7 Å². The summed E-state index contributed by atoms with van der Waals surface area (Å²) in [5, 5.41) is 15.4. The molecule has 0 saturated heterocycles. The Balaban J connectivity index is 0.00000225. The predicted octanol–water partition coefficient (Wildman–Crippen LogP) is 8.92. The van der Waals surface area contributed by atoms with Crippen LogP contribution in [0.25, 0.3) is 16.5 Å². The lowest BCUT2D eigenvalue weighted by Crippen LogP contribution is -2.21. The highest BCUT2D eigenvalue weighted by molar-refractivity contribution is 6.07. The van der Waals surface area contributed by atoms with Gasteiger partial charge in [0.25, 0.3) is 0 Å². The molecular weight excluding hydrogens is 654 g/mol. The second-order valence-corrected chi connectivity index (χ2v) is 12.0. The van der Waals surface area contributed by atoms with Gasteiger partial charge < -0.3 is 27.3 Å². The summed E-state index contributed by atoms with van der Waals surface area (Å²) in [6.45, 7) is 8.27. The van der Waals surface area contributed by atoms with E-state index in [1.165, 1.54) is 0 Å². The Labute approximate surface area is 297 Å². The lowest BCUT2D eigenvalue weighted by atomic mass is 9.92. The third-order valence-corrected chi connectivity index (χ3v) is 7.38. The Morgan fingerprint density at radius 1 is 0.860 bits per heavy atom. The van der Waals surface area contributed by atoms with Crippen LogP contribution in [0, 0.1) is 6.92 Å². The van der Waals surface area contributed by atoms with Crippen LogP contribution < -0.4 is 32.6 Å². The van der Waals surface area contributed by atoms with E-state index in [9.17, 15) is 9.59 Å². The number of primary amides is 1. The first-order valence-corrected chi connectivity index (χ1v) is 15.0. The molecule has 3 amide bonds. The highest BCUT2D eigenvalue weighted by Gasteiger charge is 2.22. The van der Waals surface area contributed by atoms with Gasteiger partial charge in [0.2, 0.25) is 17.7 Å². The molecule has 0 atom stereocenters. The van der Waals surface area contributed by atoms with Gasteiger partial charge in [0, 0.05) is 45.8 Å². The van der Waals surface area contributed by atoms with Crippen molar-refractivity contribution >= 4 is 58.3 Å². The van der Waals surface area contributed by atoms with Gasteiger partial charge >= 0.3 is 6.03 Å². The number of nitrogens with one attached hydrogen (secondary N) is 3. The number of nitrogens with zero attached hydrogens (tertiary/aromatic N) is 4. The number of ether oxygens (including phenoxy) is 1. The number of halogens is 1. The number of amides is 3. The van der Waals surface area contributed by atoms with Crippen LogP contribution in [0.15, 0.2) is 103 Å². The number of hydrogen-bond acceptors (Lipinski definition) is 8. The molecule has 0 radical (unpaired) electrons. The van der Waals surface area contributed by atoms with Crippen molar-refractivity contribution in [2.75, 3.05) is 16.0 Å². The molecule has 4 aromatic carbocycles. The fourth-order valence-electron chi connectivity index (χ4n) is 4.91. The standard InChI is InChI=1S/C36H34N8O3.CH4.ClH.H3N/c1-22-12-14-25(15-13-22)44-31(21-30(43-44)36(2,3)4)41-35(46)40-28-16-17-29(27-11-6-5-10-26(27)28)47-32-18-19-38-34(42-32)39-24-9-7-8-23(20-24)33(37)45;;;/h5-21H,1-4H3,(H2,37,45)(H,38,39,42)(H2,40,41,46);1H4;1H;1H3. The van der Waals surface area contributed by atoms with E-state index in [1.54, 1.807) is 53.3 Å². The van der Waals surface area contributed by atoms with Gasteiger partial charge in [0.05, 0.1) is 17.1 Å². The number of carbonyl (C=O) groups is 2. The molecule has 0 fully saturated rings. The predicted molar refractivity (Wildman–Crippen MR) is 203 cm³/mol. The molecule has 6 aromatic rings. The highest BCUT2D eigenvalue weighted by Crippen LogP contribution is 2.34. The fraction of sp³-hybridized carbons (Fsp3) is 0.162. The number of nitrogens with two attached hydrogens (primary N) is 1. The molecule has 12 nitrogen and oxygen atoms in total. The van der Waals surface area contributed by atoms with Crippen molar-refractivity contribution in [3.63, 3.8) is 0 Å². The molecule has 50 heavy (non-hydrogen) atoms. The SMILES string of the molecule is C.Cc1ccc(-n2nc(C(C)(C)C)cc2NC(=O)Nc2ccc(Oc3ccnc(Nc4cccc(C(N)=O)c4)n3)c3ccccc23)cc1.Cl.N. The maximum atomic E-state index is 13.4. The number of aryl methyl sites for hydroxylation is 1. The Bertz CT molecular complexity index is 2110. The van der Waals surface area contributed by atoms with Crippen LogP contribution in [-0.4, -0.2) is 31.7 Å². The molecule has 2 heterocycles. The van der Waals surface area contributed by atoms with Gasteiger partial charge in [-0.2, -0.15) is 10.1 Å². The van der Waals surface area contributed by atoms with Crippen molar-refractivity contribution < 1.29 is 14.3 Å². The normalized spacial score (nSPS) is 10.6. The zero-order chi connectivity index (χ0) is 33.1. The number of anilines is 4. The van der Waals surface area contributed by atoms with Crippen molar-refractivity contribution in [3.8, 4) is 17.3 Å². The molecule has 0 aliphatic carbocycles. The third-order valence-electron chi connectivity index (χ3n) is 7.38. The van der Waals surface area contributed by atoms with Crippen molar-refractivity contribution in [3.05, 3.63) is 120 Å². The number of benzene rings is 4. The summed E-state index contributed by atoms with van der Waals surface area (Å²) in [5.41, 5.74) is 9.58. The number of rotatable bonds is 8. The number of hydrogen-bond donors (Lipinski definition) is 5. The molecule has 0 spiro atoms. The number of urea groups is 1. The van der Waals surface area contributed by atoms with E-state index < -0.39 is 11.9 Å². The molecule has 13 heteroatoms. The van der Waals surface area contributed by atoms with Crippen molar-refractivity contribution in [2.45, 2.75) is 40.5 Å². The largest absolute Gasteiger partial charge is 0.438 e. The minimum absolute atomic E-state index is 0. The summed E-state index contributed by atoms with van der Waals surface area (Å²) >= 11 is 0. The monoisotopic (exact) mass is 695 g/mol. The lowest BCUT2D eigenvalue weighted by molar-refractivity contribution is 0.1000. The van der Waals surface area contributed by atoms with Gasteiger partial charge in [-0.05, 0) is 49.4 Å². The second-order valence-electron chi connectivity index (χ2n) is 12.0. The van der Waals surface area contributed by atoms with Gasteiger partial charge in [-0.3, -0.25) is 10.1 Å². The topological polar surface area (TPSA) is 184 Å². The molecule has 6 rings (SSSR count). The molecule has 0 bridgehead atoms. The minimum Gasteiger partial charge on any atom is -0.438 e. The quantitative estimate of drug-likeness (QED) is 0.104. The average molecular weight is 696 g/mol. The molecule has 0 aliphatic heterocycles. The Morgan fingerprint density at radius 2 is 1.58 bits per heavy atom. The first kappa shape index (κ1) is 38.5. The van der Waals surface area contributed by atoms with Crippen molar-refractivity contribution in [2.24, 2.45) is 5.73 Å². The van der Waals surface area contributed by atoms with Gasteiger partial charge in [-0.15, -0.1) is 12.4 Å². The van der Waals surface area contributed by atoms with E-state index in [-0.39, 0.29) is 37.3 Å². The first-order valence-electron chi connectivity index (χ1n) is 15.0. The number of fused-ring (bicyclic) bond motifs is 1. The third kappa shape index (κ3) is 8.73. The van der Waals surface area contributed by atoms with E-state index in [4.69, 9.17) is 15.6 Å². The zero-order valence-electron chi connectivity index (χ0n) is 27.5. The van der Waals surface area contributed by atoms with E-state index in [2.05, 4.69) is 46.7 Å². The van der Waals surface area contributed by atoms with Crippen LogP contribution in [-0.2, 0) is 5.41 Å². The summed E-state index contributed by atoms with van der Waals surface area (Å²) in [6, 6.07) is 29.0. The zero-order valence-corrected chi connectivity index (χ0v) is 28.3. The van der Waals surface area contributed by atoms with Crippen LogP contribution in [0.3, 0.4) is 0 Å². The van der Waals surface area contributed by atoms with Crippen LogP contribution in [0.5, 0.6) is 11.6 Å². The molecule has 2 aromatic heterocycles. The minimum atomic E-state index is -0.530. The molecule has 0 saturated carbocycles. The van der Waals surface area contributed by atoms with Crippen LogP contribution in [0.2, 0.25) is 0 Å². The summed E-state index contributed by atoms with van der Waals surface area (Å²) in [6.07, 6.45) is 1.57. The Morgan fingerprint density at radius 3 is 2.28 bits per heavy atom. The highest BCUT2D eigenvalue weighted by atomic mass is 35.5. The Kier molecular flexibility index (Phi) is 12.3. The summed E-state index contributed by atoms with van der Waals surface area (Å²) in [7, 11) is 0. The maximum absolute atomic E-state index is 13.4. The first-order chi connectivity index (χ1) is 22.5. The van der Waals surface area contributed by atoms with E-state index in [0.29, 0.717) is 34.4 Å². The second kappa shape index (κ2) is 15.9. The van der Waals surface area contributed by atoms with Gasteiger partial charge in [-0.1, -0.05) is 76.2 Å². The van der Waals surface area contributed by atoms with E-state index in [1.807, 2.05) is 61.5 Å². The van der Waals surface area contributed by atoms with Crippen LogP contribution in [0.4, 0.5) is 27.9 Å². The summed E-state index contributed by atoms with van der Waals surface area (Å²) in [5.74, 6) is 1.14. The fourth-order valence-corrected chi connectivity index (χ4v) is 4.91. The lowest BCUT2D eigenvalue weighted by Gasteiger charge is -2.14. The van der Waals surface area contributed by atoms with Gasteiger partial charge in [-0.25, -0.2) is 14.5 Å². The Hall–Kier alpha value is -5.98. The smallest absolute Gasteiger partial charge is 0.324 e. The molecular formula is C37H42ClN9O3. The number of carbonyl (C=O) groups excluding carboxylic acids is 2. The average Bonchev–Trinajstić information content (AvgIpc) is 3.47. The van der Waals surface area contributed by atoms with Gasteiger partial charge in [0.15, 0.2) is 0 Å². The maximum Gasteiger partial charge on any atom is 0.324 e. The molecule has 260 valence electrons. The van der Waals surface area contributed by atoms with Crippen LogP contribution >= 0.6 is 12.4 Å². The van der Waals surface area contributed by atoms with Crippen LogP contribution in [0.1, 0.15) is 49.8 Å². The number of aromatic nitrogens is 4. The van der Waals surface area contributed by atoms with Crippen molar-refractivity contribution in [1.82, 2.24) is 25.9 Å². The van der Waals surface area contributed by atoms with E-state index >= 15 is 0 Å².